The van der Waals surface area contributed by atoms with E-state index >= 15 is 0 Å². The number of halogens is 1. The number of hydrogen-bond acceptors (Lipinski definition) is 4. The lowest BCUT2D eigenvalue weighted by Crippen LogP contribution is -2.46. The molecule has 2 amide bonds. The summed E-state index contributed by atoms with van der Waals surface area (Å²) < 4.78 is 18.9. The molecule has 1 saturated carbocycles. The number of nitrogens with zero attached hydrogens (tertiary/aromatic N) is 1. The number of nitrogens with one attached hydrogen (secondary N) is 1. The van der Waals surface area contributed by atoms with Crippen molar-refractivity contribution in [3.05, 3.63) is 83.8 Å². The molecule has 1 heterocycles. The van der Waals surface area contributed by atoms with Crippen LogP contribution in [0.1, 0.15) is 35.2 Å². The van der Waals surface area contributed by atoms with Crippen LogP contribution in [0.2, 0.25) is 0 Å². The second kappa shape index (κ2) is 7.94. The summed E-state index contributed by atoms with van der Waals surface area (Å²) in [6.07, 6.45) is 3.88. The average molecular weight is 405 g/mol. The van der Waals surface area contributed by atoms with E-state index < -0.39 is 11.3 Å². The van der Waals surface area contributed by atoms with E-state index in [0.29, 0.717) is 22.9 Å². The molecule has 1 aliphatic rings. The van der Waals surface area contributed by atoms with Gasteiger partial charge in [0.15, 0.2) is 0 Å². The van der Waals surface area contributed by atoms with Gasteiger partial charge in [-0.05, 0) is 54.8 Å². The highest BCUT2D eigenvalue weighted by Gasteiger charge is 2.45. The fourth-order valence-corrected chi connectivity index (χ4v) is 3.55. The van der Waals surface area contributed by atoms with Crippen molar-refractivity contribution < 1.29 is 18.7 Å². The number of pyridine rings is 1. The monoisotopic (exact) mass is 405 g/mol. The molecule has 0 aliphatic heterocycles. The van der Waals surface area contributed by atoms with Crippen molar-refractivity contribution in [2.75, 3.05) is 5.32 Å². The van der Waals surface area contributed by atoms with Gasteiger partial charge < -0.3 is 15.8 Å². The number of primary amides is 1. The maximum atomic E-state index is 13.3. The van der Waals surface area contributed by atoms with Gasteiger partial charge in [0.1, 0.15) is 11.6 Å². The minimum atomic E-state index is -0.641. The number of anilines is 1. The van der Waals surface area contributed by atoms with Gasteiger partial charge in [-0.2, -0.15) is 0 Å². The Morgan fingerprint density at radius 1 is 1.07 bits per heavy atom. The maximum Gasteiger partial charge on any atom is 0.248 e. The normalized spacial score (nSPS) is 14.4. The van der Waals surface area contributed by atoms with Gasteiger partial charge in [-0.25, -0.2) is 9.37 Å². The highest BCUT2D eigenvalue weighted by atomic mass is 19.1. The summed E-state index contributed by atoms with van der Waals surface area (Å²) in [5.41, 5.74) is 6.32. The number of nitrogens with two attached hydrogens (primary N) is 1. The molecule has 0 unspecified atom stereocenters. The van der Waals surface area contributed by atoms with Gasteiger partial charge in [0.25, 0.3) is 0 Å². The van der Waals surface area contributed by atoms with E-state index in [-0.39, 0.29) is 11.7 Å². The predicted octanol–water partition coefficient (Wildman–Crippen LogP) is 4.17. The molecule has 7 heteroatoms. The third-order valence-electron chi connectivity index (χ3n) is 5.37. The zero-order valence-corrected chi connectivity index (χ0v) is 16.1. The Kier molecular flexibility index (Phi) is 5.18. The Morgan fingerprint density at radius 3 is 2.43 bits per heavy atom. The molecule has 1 aromatic heterocycles. The molecule has 152 valence electrons. The number of carbonyl (C=O) groups excluding carboxylic acids is 2. The lowest BCUT2D eigenvalue weighted by Gasteiger charge is -2.40. The van der Waals surface area contributed by atoms with E-state index in [2.05, 4.69) is 10.3 Å². The number of hydrogen-bond donors (Lipinski definition) is 2. The van der Waals surface area contributed by atoms with Crippen LogP contribution in [-0.4, -0.2) is 16.8 Å². The predicted molar refractivity (Wildman–Crippen MR) is 110 cm³/mol. The number of aromatic nitrogens is 1. The summed E-state index contributed by atoms with van der Waals surface area (Å²) in [4.78, 5) is 28.5. The highest BCUT2D eigenvalue weighted by molar-refractivity contribution is 5.99. The largest absolute Gasteiger partial charge is 0.439 e. The minimum absolute atomic E-state index is 0.134. The van der Waals surface area contributed by atoms with Crippen molar-refractivity contribution in [2.45, 2.75) is 24.7 Å². The number of rotatable bonds is 6. The van der Waals surface area contributed by atoms with E-state index in [4.69, 9.17) is 10.5 Å². The molecule has 1 aliphatic carbocycles. The molecule has 0 saturated heterocycles. The van der Waals surface area contributed by atoms with Gasteiger partial charge in [0, 0.05) is 11.6 Å². The first-order valence-electron chi connectivity index (χ1n) is 9.58. The molecule has 0 atom stereocenters. The molecule has 30 heavy (non-hydrogen) atoms. The molecule has 0 spiro atoms. The van der Waals surface area contributed by atoms with Crippen LogP contribution >= 0.6 is 0 Å². The van der Waals surface area contributed by atoms with Gasteiger partial charge in [-0.3, -0.25) is 9.59 Å². The zero-order valence-electron chi connectivity index (χ0n) is 16.1. The van der Waals surface area contributed by atoms with Crippen LogP contribution in [0.15, 0.2) is 66.9 Å². The quantitative estimate of drug-likeness (QED) is 0.643. The van der Waals surface area contributed by atoms with Gasteiger partial charge in [-0.15, -0.1) is 0 Å². The van der Waals surface area contributed by atoms with Crippen LogP contribution in [0.3, 0.4) is 0 Å². The Balaban J connectivity index is 1.45. The van der Waals surface area contributed by atoms with Crippen LogP contribution in [0.5, 0.6) is 11.6 Å². The van der Waals surface area contributed by atoms with E-state index in [1.807, 2.05) is 0 Å². The van der Waals surface area contributed by atoms with Crippen molar-refractivity contribution in [3.63, 3.8) is 0 Å². The summed E-state index contributed by atoms with van der Waals surface area (Å²) in [7, 11) is 0. The standard InChI is InChI=1S/C23H20FN3O3/c24-17-7-5-16(6-8-17)23(11-2-12-23)22(29)27-18-9-10-20(26-14-18)30-19-4-1-3-15(13-19)21(25)28/h1,3-10,13-14H,2,11-12H2,(H2,25,28)(H,27,29). The summed E-state index contributed by atoms with van der Waals surface area (Å²) in [5, 5.41) is 2.90. The van der Waals surface area contributed by atoms with E-state index in [0.717, 1.165) is 24.8 Å². The van der Waals surface area contributed by atoms with Crippen LogP contribution in [0.25, 0.3) is 0 Å². The first kappa shape index (κ1) is 19.6. The molecule has 2 aromatic carbocycles. The van der Waals surface area contributed by atoms with Gasteiger partial charge in [0.2, 0.25) is 17.7 Å². The summed E-state index contributed by atoms with van der Waals surface area (Å²) in [5.74, 6) is -0.260. The number of carbonyl (C=O) groups is 2. The fraction of sp³-hybridized carbons (Fsp3) is 0.174. The van der Waals surface area contributed by atoms with Crippen LogP contribution in [0, 0.1) is 5.82 Å². The first-order chi connectivity index (χ1) is 14.5. The third-order valence-corrected chi connectivity index (χ3v) is 5.37. The van der Waals surface area contributed by atoms with Crippen molar-refractivity contribution >= 4 is 17.5 Å². The molecule has 3 aromatic rings. The molecular weight excluding hydrogens is 385 g/mol. The Labute approximate surface area is 172 Å². The summed E-state index contributed by atoms with van der Waals surface area (Å²) in [6.45, 7) is 0. The number of ether oxygens (including phenoxy) is 1. The van der Waals surface area contributed by atoms with Gasteiger partial charge >= 0.3 is 0 Å². The molecule has 3 N–H and O–H groups in total. The van der Waals surface area contributed by atoms with E-state index in [1.54, 1.807) is 42.5 Å². The van der Waals surface area contributed by atoms with Crippen molar-refractivity contribution in [3.8, 4) is 11.6 Å². The lowest BCUT2D eigenvalue weighted by atomic mass is 9.64. The fourth-order valence-electron chi connectivity index (χ4n) is 3.55. The van der Waals surface area contributed by atoms with Crippen molar-refractivity contribution in [1.29, 1.82) is 0 Å². The molecule has 0 bridgehead atoms. The van der Waals surface area contributed by atoms with E-state index in [9.17, 15) is 14.0 Å². The van der Waals surface area contributed by atoms with Crippen LogP contribution < -0.4 is 15.8 Å². The Hall–Kier alpha value is -3.74. The minimum Gasteiger partial charge on any atom is -0.439 e. The smallest absolute Gasteiger partial charge is 0.248 e. The summed E-state index contributed by atoms with van der Waals surface area (Å²) in [6, 6.07) is 15.9. The number of benzene rings is 2. The molecule has 0 radical (unpaired) electrons. The molecular formula is C23H20FN3O3. The van der Waals surface area contributed by atoms with Crippen molar-refractivity contribution in [2.24, 2.45) is 5.73 Å². The third kappa shape index (κ3) is 3.87. The molecule has 4 rings (SSSR count). The van der Waals surface area contributed by atoms with E-state index in [1.165, 1.54) is 24.4 Å². The Morgan fingerprint density at radius 2 is 1.83 bits per heavy atom. The maximum absolute atomic E-state index is 13.3. The Bertz CT molecular complexity index is 1080. The average Bonchev–Trinajstić information content (AvgIpc) is 2.70. The SMILES string of the molecule is NC(=O)c1cccc(Oc2ccc(NC(=O)C3(c4ccc(F)cc4)CCC3)cn2)c1. The molecule has 1 fully saturated rings. The highest BCUT2D eigenvalue weighted by Crippen LogP contribution is 2.44. The molecule has 6 nitrogen and oxygen atoms in total. The van der Waals surface area contributed by atoms with Crippen LogP contribution in [-0.2, 0) is 10.2 Å². The second-order valence-electron chi connectivity index (χ2n) is 7.28. The van der Waals surface area contributed by atoms with Crippen molar-refractivity contribution in [1.82, 2.24) is 4.98 Å². The summed E-state index contributed by atoms with van der Waals surface area (Å²) >= 11 is 0. The lowest BCUT2D eigenvalue weighted by molar-refractivity contribution is -0.124. The first-order valence-corrected chi connectivity index (χ1v) is 9.58. The van der Waals surface area contributed by atoms with Gasteiger partial charge in [-0.1, -0.05) is 24.6 Å². The van der Waals surface area contributed by atoms with Gasteiger partial charge in [0.05, 0.1) is 17.3 Å². The second-order valence-corrected chi connectivity index (χ2v) is 7.28. The zero-order chi connectivity index (χ0) is 21.1. The number of amides is 2. The topological polar surface area (TPSA) is 94.3 Å². The van der Waals surface area contributed by atoms with Crippen LogP contribution in [0.4, 0.5) is 10.1 Å².